The maximum Gasteiger partial charge on any atom is 0.193 e. The summed E-state index contributed by atoms with van der Waals surface area (Å²) in [4.78, 5) is 6.45. The van der Waals surface area contributed by atoms with Crippen LogP contribution in [0.25, 0.3) is 0 Å². The third kappa shape index (κ3) is 7.27. The van der Waals surface area contributed by atoms with Gasteiger partial charge in [0.05, 0.1) is 0 Å². The number of fused-ring (bicyclic) bond motifs is 1. The van der Waals surface area contributed by atoms with Crippen molar-refractivity contribution in [3.63, 3.8) is 0 Å². The van der Waals surface area contributed by atoms with E-state index in [4.69, 9.17) is 9.47 Å². The highest BCUT2D eigenvalue weighted by molar-refractivity contribution is 14.0. The molecule has 0 saturated carbocycles. The lowest BCUT2D eigenvalue weighted by molar-refractivity contribution is 0.171. The van der Waals surface area contributed by atoms with Crippen molar-refractivity contribution in [2.24, 2.45) is 4.99 Å². The van der Waals surface area contributed by atoms with Crippen molar-refractivity contribution in [2.45, 2.75) is 32.9 Å². The van der Waals surface area contributed by atoms with Crippen molar-refractivity contribution in [3.8, 4) is 11.5 Å². The van der Waals surface area contributed by atoms with E-state index < -0.39 is 0 Å². The summed E-state index contributed by atoms with van der Waals surface area (Å²) in [6, 6.07) is 6.08. The molecule has 0 atom stereocenters. The van der Waals surface area contributed by atoms with E-state index >= 15 is 0 Å². The van der Waals surface area contributed by atoms with Crippen molar-refractivity contribution in [2.75, 3.05) is 40.4 Å². The molecule has 1 aliphatic heterocycles. The van der Waals surface area contributed by atoms with Gasteiger partial charge in [-0.2, -0.15) is 0 Å². The minimum atomic E-state index is 0. The van der Waals surface area contributed by atoms with E-state index in [9.17, 15) is 0 Å². The zero-order valence-corrected chi connectivity index (χ0v) is 18.2. The average Bonchev–Trinajstić information content (AvgIpc) is 2.53. The number of benzene rings is 1. The van der Waals surface area contributed by atoms with Gasteiger partial charge in [-0.1, -0.05) is 6.07 Å². The molecule has 1 aromatic rings. The molecule has 0 bridgehead atoms. The Morgan fingerprint density at radius 3 is 2.48 bits per heavy atom. The Labute approximate surface area is 168 Å². The first kappa shape index (κ1) is 21.8. The molecule has 6 nitrogen and oxygen atoms in total. The van der Waals surface area contributed by atoms with Gasteiger partial charge >= 0.3 is 0 Å². The SMILES string of the molecule is CN=C(NCCNC(C)(C)C)N(C)Cc1ccc2c(c1)OCCO2.I. The summed E-state index contributed by atoms with van der Waals surface area (Å²) >= 11 is 0. The highest BCUT2D eigenvalue weighted by Gasteiger charge is 2.14. The number of hydrogen-bond acceptors (Lipinski definition) is 4. The predicted molar refractivity (Wildman–Crippen MR) is 113 cm³/mol. The lowest BCUT2D eigenvalue weighted by Gasteiger charge is -2.25. The minimum Gasteiger partial charge on any atom is -0.486 e. The average molecular weight is 462 g/mol. The summed E-state index contributed by atoms with van der Waals surface area (Å²) in [5, 5.41) is 6.84. The zero-order valence-electron chi connectivity index (χ0n) is 15.9. The molecule has 0 aromatic heterocycles. The number of nitrogens with one attached hydrogen (secondary N) is 2. The van der Waals surface area contributed by atoms with Crippen LogP contribution in [0, 0.1) is 0 Å². The summed E-state index contributed by atoms with van der Waals surface area (Å²) < 4.78 is 11.2. The summed E-state index contributed by atoms with van der Waals surface area (Å²) in [5.41, 5.74) is 1.29. The molecular weight excluding hydrogens is 431 g/mol. The molecule has 0 aliphatic carbocycles. The molecule has 142 valence electrons. The van der Waals surface area contributed by atoms with E-state index in [-0.39, 0.29) is 29.5 Å². The van der Waals surface area contributed by atoms with Crippen LogP contribution in [0.4, 0.5) is 0 Å². The molecule has 1 aliphatic rings. The van der Waals surface area contributed by atoms with E-state index in [1.54, 1.807) is 7.05 Å². The maximum atomic E-state index is 5.65. The van der Waals surface area contributed by atoms with E-state index in [2.05, 4.69) is 47.4 Å². The molecule has 1 aromatic carbocycles. The lowest BCUT2D eigenvalue weighted by atomic mass is 10.1. The first-order valence-corrected chi connectivity index (χ1v) is 8.44. The highest BCUT2D eigenvalue weighted by Crippen LogP contribution is 2.30. The van der Waals surface area contributed by atoms with Gasteiger partial charge in [-0.15, -0.1) is 24.0 Å². The van der Waals surface area contributed by atoms with Gasteiger partial charge in [0.2, 0.25) is 0 Å². The molecule has 0 saturated heterocycles. The van der Waals surface area contributed by atoms with Crippen LogP contribution in [0.5, 0.6) is 11.5 Å². The number of ether oxygens (including phenoxy) is 2. The number of nitrogens with zero attached hydrogens (tertiary/aromatic N) is 2. The third-order valence-corrected chi connectivity index (χ3v) is 3.66. The molecular formula is C18H31IN4O2. The molecule has 0 radical (unpaired) electrons. The van der Waals surface area contributed by atoms with Crippen molar-refractivity contribution in [1.82, 2.24) is 15.5 Å². The topological polar surface area (TPSA) is 58.1 Å². The number of aliphatic imine (C=N–C) groups is 1. The van der Waals surface area contributed by atoms with E-state index in [0.717, 1.165) is 42.7 Å². The fourth-order valence-electron chi connectivity index (χ4n) is 2.53. The second-order valence-electron chi connectivity index (χ2n) is 6.98. The Bertz CT molecular complexity index is 573. The van der Waals surface area contributed by atoms with Crippen LogP contribution in [-0.2, 0) is 6.54 Å². The van der Waals surface area contributed by atoms with Crippen molar-refractivity contribution < 1.29 is 9.47 Å². The van der Waals surface area contributed by atoms with Gasteiger partial charge in [-0.3, -0.25) is 4.99 Å². The summed E-state index contributed by atoms with van der Waals surface area (Å²) in [5.74, 6) is 2.52. The first-order valence-electron chi connectivity index (χ1n) is 8.44. The fourth-order valence-corrected chi connectivity index (χ4v) is 2.53. The predicted octanol–water partition coefficient (Wildman–Crippen LogP) is 2.47. The summed E-state index contributed by atoms with van der Waals surface area (Å²) in [6.45, 7) is 10.2. The number of hydrogen-bond donors (Lipinski definition) is 2. The molecule has 0 spiro atoms. The normalized spacial score (nSPS) is 13.9. The Kier molecular flexibility index (Phi) is 8.78. The smallest absolute Gasteiger partial charge is 0.193 e. The zero-order chi connectivity index (χ0) is 17.6. The quantitative estimate of drug-likeness (QED) is 0.305. The van der Waals surface area contributed by atoms with Crippen LogP contribution in [0.3, 0.4) is 0 Å². The van der Waals surface area contributed by atoms with Crippen molar-refractivity contribution >= 4 is 29.9 Å². The first-order chi connectivity index (χ1) is 11.4. The van der Waals surface area contributed by atoms with Crippen LogP contribution >= 0.6 is 24.0 Å². The molecule has 1 heterocycles. The summed E-state index contributed by atoms with van der Waals surface area (Å²) in [7, 11) is 3.84. The largest absolute Gasteiger partial charge is 0.486 e. The van der Waals surface area contributed by atoms with Crippen molar-refractivity contribution in [3.05, 3.63) is 23.8 Å². The lowest BCUT2D eigenvalue weighted by Crippen LogP contribution is -2.44. The van der Waals surface area contributed by atoms with Gasteiger partial charge in [-0.25, -0.2) is 0 Å². The molecule has 0 amide bonds. The van der Waals surface area contributed by atoms with Gasteiger partial charge in [0, 0.05) is 39.3 Å². The van der Waals surface area contributed by atoms with Crippen LogP contribution in [0.15, 0.2) is 23.2 Å². The summed E-state index contributed by atoms with van der Waals surface area (Å²) in [6.07, 6.45) is 0. The third-order valence-electron chi connectivity index (χ3n) is 3.66. The van der Waals surface area contributed by atoms with Gasteiger partial charge < -0.3 is 25.0 Å². The molecule has 2 N–H and O–H groups in total. The van der Waals surface area contributed by atoms with Crippen LogP contribution < -0.4 is 20.1 Å². The second-order valence-corrected chi connectivity index (χ2v) is 6.98. The van der Waals surface area contributed by atoms with E-state index in [1.165, 1.54) is 0 Å². The number of guanidine groups is 1. The van der Waals surface area contributed by atoms with Gasteiger partial charge in [-0.05, 0) is 38.5 Å². The maximum absolute atomic E-state index is 5.65. The monoisotopic (exact) mass is 462 g/mol. The van der Waals surface area contributed by atoms with Crippen LogP contribution in [0.1, 0.15) is 26.3 Å². The second kappa shape index (κ2) is 10.1. The molecule has 7 heteroatoms. The number of rotatable bonds is 5. The van der Waals surface area contributed by atoms with E-state index in [0.29, 0.717) is 13.2 Å². The van der Waals surface area contributed by atoms with Gasteiger partial charge in [0.1, 0.15) is 13.2 Å². The van der Waals surface area contributed by atoms with Gasteiger partial charge in [0.25, 0.3) is 0 Å². The molecule has 25 heavy (non-hydrogen) atoms. The van der Waals surface area contributed by atoms with Crippen LogP contribution in [0.2, 0.25) is 0 Å². The minimum absolute atomic E-state index is 0. The fraction of sp³-hybridized carbons (Fsp3) is 0.611. The molecule has 0 unspecified atom stereocenters. The Morgan fingerprint density at radius 2 is 1.84 bits per heavy atom. The van der Waals surface area contributed by atoms with Gasteiger partial charge in [0.15, 0.2) is 17.5 Å². The number of halogens is 1. The Balaban J connectivity index is 0.00000312. The Morgan fingerprint density at radius 1 is 1.16 bits per heavy atom. The van der Waals surface area contributed by atoms with E-state index in [1.807, 2.05) is 19.2 Å². The van der Waals surface area contributed by atoms with Crippen molar-refractivity contribution in [1.29, 1.82) is 0 Å². The highest BCUT2D eigenvalue weighted by atomic mass is 127. The standard InChI is InChI=1S/C18H30N4O2.HI/c1-18(2,3)21-9-8-20-17(19-4)22(5)13-14-6-7-15-16(12-14)24-11-10-23-15;/h6-7,12,21H,8-11,13H2,1-5H3,(H,19,20);1H. The van der Waals surface area contributed by atoms with Crippen LogP contribution in [-0.4, -0.2) is 56.8 Å². The molecule has 0 fully saturated rings. The molecule has 2 rings (SSSR count). The Hall–Kier alpha value is -1.22.